The Morgan fingerprint density at radius 2 is 2.09 bits per heavy atom. The summed E-state index contributed by atoms with van der Waals surface area (Å²) in [6.07, 6.45) is 3.44. The number of para-hydroxylation sites is 1. The molecular formula is C19H26N2O2. The first-order chi connectivity index (χ1) is 10.8. The van der Waals surface area contributed by atoms with E-state index in [4.69, 9.17) is 4.74 Å². The third kappa shape index (κ3) is 2.64. The SMILES string of the molecule is Cc1ccccc1OCC(=O)N/N=C1/C[C@@H]2CC[C@@]1(C)C2(C)C. The van der Waals surface area contributed by atoms with Gasteiger partial charge in [-0.15, -0.1) is 0 Å². The highest BCUT2D eigenvalue weighted by Crippen LogP contribution is 2.63. The van der Waals surface area contributed by atoms with Crippen LogP contribution in [0.1, 0.15) is 45.6 Å². The van der Waals surface area contributed by atoms with Crippen LogP contribution in [0.3, 0.4) is 0 Å². The minimum absolute atomic E-state index is 0.00876. The Hall–Kier alpha value is -1.84. The molecule has 1 amide bonds. The Morgan fingerprint density at radius 1 is 1.35 bits per heavy atom. The van der Waals surface area contributed by atoms with Gasteiger partial charge in [0.25, 0.3) is 5.91 Å². The minimum Gasteiger partial charge on any atom is -0.483 e. The van der Waals surface area contributed by atoms with Crippen molar-refractivity contribution in [3.63, 3.8) is 0 Å². The summed E-state index contributed by atoms with van der Waals surface area (Å²) < 4.78 is 5.56. The summed E-state index contributed by atoms with van der Waals surface area (Å²) in [5.74, 6) is 1.22. The highest BCUT2D eigenvalue weighted by atomic mass is 16.5. The van der Waals surface area contributed by atoms with Gasteiger partial charge in [0.05, 0.1) is 0 Å². The Labute approximate surface area is 138 Å². The zero-order chi connectivity index (χ0) is 16.7. The van der Waals surface area contributed by atoms with Gasteiger partial charge in [0.15, 0.2) is 6.61 Å². The molecule has 2 aliphatic rings. The molecule has 3 rings (SSSR count). The van der Waals surface area contributed by atoms with Crippen LogP contribution in [-0.4, -0.2) is 18.2 Å². The zero-order valence-electron chi connectivity index (χ0n) is 14.5. The maximum Gasteiger partial charge on any atom is 0.277 e. The molecule has 2 saturated carbocycles. The molecule has 0 aliphatic heterocycles. The molecule has 124 valence electrons. The predicted octanol–water partition coefficient (Wildman–Crippen LogP) is 3.69. The molecule has 2 atom stereocenters. The van der Waals surface area contributed by atoms with Crippen molar-refractivity contribution in [1.82, 2.24) is 5.43 Å². The maximum absolute atomic E-state index is 12.0. The van der Waals surface area contributed by atoms with Gasteiger partial charge in [0.2, 0.25) is 0 Å². The van der Waals surface area contributed by atoms with E-state index in [1.54, 1.807) is 0 Å². The minimum atomic E-state index is -0.204. The van der Waals surface area contributed by atoms with Crippen molar-refractivity contribution in [2.75, 3.05) is 6.61 Å². The fraction of sp³-hybridized carbons (Fsp3) is 0.579. The topological polar surface area (TPSA) is 50.7 Å². The molecule has 23 heavy (non-hydrogen) atoms. The monoisotopic (exact) mass is 314 g/mol. The lowest BCUT2D eigenvalue weighted by Crippen LogP contribution is -2.35. The molecule has 0 unspecified atom stereocenters. The summed E-state index contributed by atoms with van der Waals surface area (Å²) in [6.45, 7) is 8.90. The van der Waals surface area contributed by atoms with E-state index < -0.39 is 0 Å². The van der Waals surface area contributed by atoms with Crippen LogP contribution in [0.5, 0.6) is 5.75 Å². The smallest absolute Gasteiger partial charge is 0.277 e. The molecule has 2 bridgehead atoms. The normalized spacial score (nSPS) is 29.7. The van der Waals surface area contributed by atoms with Crippen molar-refractivity contribution in [3.8, 4) is 5.75 Å². The van der Waals surface area contributed by atoms with E-state index in [1.807, 2.05) is 31.2 Å². The molecule has 4 nitrogen and oxygen atoms in total. The van der Waals surface area contributed by atoms with Crippen LogP contribution < -0.4 is 10.2 Å². The highest BCUT2D eigenvalue weighted by Gasteiger charge is 2.59. The van der Waals surface area contributed by atoms with E-state index in [-0.39, 0.29) is 23.3 Å². The molecule has 1 N–H and O–H groups in total. The van der Waals surface area contributed by atoms with Gasteiger partial charge >= 0.3 is 0 Å². The second-order valence-electron chi connectivity index (χ2n) is 7.64. The zero-order valence-corrected chi connectivity index (χ0v) is 14.5. The Kier molecular flexibility index (Phi) is 3.95. The number of carbonyl (C=O) groups excluding carboxylic acids is 1. The van der Waals surface area contributed by atoms with Gasteiger partial charge in [-0.1, -0.05) is 39.0 Å². The van der Waals surface area contributed by atoms with Crippen molar-refractivity contribution >= 4 is 11.6 Å². The van der Waals surface area contributed by atoms with Gasteiger partial charge in [-0.2, -0.15) is 5.10 Å². The number of nitrogens with zero attached hydrogens (tertiary/aromatic N) is 1. The first-order valence-corrected chi connectivity index (χ1v) is 8.39. The van der Waals surface area contributed by atoms with Gasteiger partial charge in [-0.3, -0.25) is 4.79 Å². The van der Waals surface area contributed by atoms with E-state index in [2.05, 4.69) is 31.3 Å². The molecular weight excluding hydrogens is 288 g/mol. The van der Waals surface area contributed by atoms with Crippen molar-refractivity contribution in [2.24, 2.45) is 21.8 Å². The average Bonchev–Trinajstić information content (AvgIpc) is 2.85. The van der Waals surface area contributed by atoms with Gasteiger partial charge in [-0.25, -0.2) is 5.43 Å². The lowest BCUT2D eigenvalue weighted by Gasteiger charge is -2.34. The Morgan fingerprint density at radius 3 is 2.70 bits per heavy atom. The first kappa shape index (κ1) is 16.0. The fourth-order valence-electron chi connectivity index (χ4n) is 4.12. The number of aryl methyl sites for hydroxylation is 1. The molecule has 0 aromatic heterocycles. The molecule has 0 saturated heterocycles. The fourth-order valence-corrected chi connectivity index (χ4v) is 4.12. The van der Waals surface area contributed by atoms with Crippen molar-refractivity contribution in [1.29, 1.82) is 0 Å². The number of carbonyl (C=O) groups is 1. The molecule has 0 spiro atoms. The number of hydrogen-bond donors (Lipinski definition) is 1. The number of hydrogen-bond acceptors (Lipinski definition) is 3. The highest BCUT2D eigenvalue weighted by molar-refractivity contribution is 5.95. The van der Waals surface area contributed by atoms with Crippen LogP contribution in [0.2, 0.25) is 0 Å². The predicted molar refractivity (Wildman–Crippen MR) is 91.5 cm³/mol. The first-order valence-electron chi connectivity index (χ1n) is 8.39. The van der Waals surface area contributed by atoms with Crippen LogP contribution in [-0.2, 0) is 4.79 Å². The molecule has 0 radical (unpaired) electrons. The summed E-state index contributed by atoms with van der Waals surface area (Å²) in [5, 5.41) is 4.45. The number of amides is 1. The maximum atomic E-state index is 12.0. The Bertz CT molecular complexity index is 651. The number of hydrazone groups is 1. The van der Waals surface area contributed by atoms with E-state index >= 15 is 0 Å². The average molecular weight is 314 g/mol. The summed E-state index contributed by atoms with van der Waals surface area (Å²) in [6, 6.07) is 7.68. The number of nitrogens with one attached hydrogen (secondary N) is 1. The van der Waals surface area contributed by atoms with Gasteiger partial charge in [-0.05, 0) is 49.1 Å². The number of ether oxygens (including phenoxy) is 1. The van der Waals surface area contributed by atoms with Crippen LogP contribution in [0, 0.1) is 23.7 Å². The van der Waals surface area contributed by atoms with Crippen LogP contribution >= 0.6 is 0 Å². The second-order valence-corrected chi connectivity index (χ2v) is 7.64. The number of rotatable bonds is 4. The van der Waals surface area contributed by atoms with Crippen LogP contribution in [0.15, 0.2) is 29.4 Å². The lowest BCUT2D eigenvalue weighted by molar-refractivity contribution is -0.123. The largest absolute Gasteiger partial charge is 0.483 e. The summed E-state index contributed by atoms with van der Waals surface area (Å²) in [7, 11) is 0. The van der Waals surface area contributed by atoms with E-state index in [1.165, 1.54) is 12.8 Å². The van der Waals surface area contributed by atoms with Crippen molar-refractivity contribution < 1.29 is 9.53 Å². The molecule has 1 aromatic carbocycles. The number of benzene rings is 1. The van der Waals surface area contributed by atoms with Crippen molar-refractivity contribution in [3.05, 3.63) is 29.8 Å². The van der Waals surface area contributed by atoms with E-state index in [9.17, 15) is 4.79 Å². The quantitative estimate of drug-likeness (QED) is 0.862. The summed E-state index contributed by atoms with van der Waals surface area (Å²) >= 11 is 0. The standard InChI is InChI=1S/C19H26N2O2/c1-13-7-5-6-8-15(13)23-12-17(22)21-20-16-11-14-9-10-19(16,4)18(14,2)3/h5-8,14H,9-12H2,1-4H3,(H,21,22)/b20-16-/t14-,19+/m0/s1. The van der Waals surface area contributed by atoms with Crippen molar-refractivity contribution in [2.45, 2.75) is 47.0 Å². The lowest BCUT2D eigenvalue weighted by atomic mass is 9.70. The molecule has 0 heterocycles. The van der Waals surface area contributed by atoms with E-state index in [0.717, 1.165) is 23.4 Å². The Balaban J connectivity index is 1.59. The molecule has 4 heteroatoms. The molecule has 1 aromatic rings. The summed E-state index contributed by atoms with van der Waals surface area (Å²) in [5.41, 5.74) is 5.23. The molecule has 2 fully saturated rings. The van der Waals surface area contributed by atoms with Crippen LogP contribution in [0.25, 0.3) is 0 Å². The van der Waals surface area contributed by atoms with Crippen LogP contribution in [0.4, 0.5) is 0 Å². The van der Waals surface area contributed by atoms with Gasteiger partial charge < -0.3 is 4.74 Å². The molecule has 2 aliphatic carbocycles. The second kappa shape index (κ2) is 5.66. The number of fused-ring (bicyclic) bond motifs is 2. The third-order valence-corrected chi connectivity index (χ3v) is 6.28. The van der Waals surface area contributed by atoms with Gasteiger partial charge in [0, 0.05) is 11.1 Å². The summed E-state index contributed by atoms with van der Waals surface area (Å²) in [4.78, 5) is 12.0. The van der Waals surface area contributed by atoms with E-state index in [0.29, 0.717) is 5.92 Å². The third-order valence-electron chi connectivity index (χ3n) is 6.28. The van der Waals surface area contributed by atoms with Gasteiger partial charge in [0.1, 0.15) is 5.75 Å².